The van der Waals surface area contributed by atoms with Gasteiger partial charge in [0.15, 0.2) is 17.6 Å². The first-order valence-corrected chi connectivity index (χ1v) is 31.9. The number of rotatable bonds is 16. The molecule has 0 saturated carbocycles. The van der Waals surface area contributed by atoms with Crippen molar-refractivity contribution >= 4 is 70.7 Å². The molecule has 32 heteroatoms. The van der Waals surface area contributed by atoms with Gasteiger partial charge in [0.1, 0.15) is 36.3 Å². The fourth-order valence-electron chi connectivity index (χ4n) is 12.7. The zero-order valence-electron chi connectivity index (χ0n) is 53.6. The van der Waals surface area contributed by atoms with E-state index in [1.54, 1.807) is 24.3 Å². The van der Waals surface area contributed by atoms with Crippen LogP contribution in [-0.2, 0) is 49.3 Å². The Kier molecular flexibility index (Phi) is 26.1. The van der Waals surface area contributed by atoms with Gasteiger partial charge in [-0.05, 0) is 98.1 Å². The van der Waals surface area contributed by atoms with Crippen LogP contribution < -0.4 is 80.3 Å². The van der Waals surface area contributed by atoms with Crippen LogP contribution in [0.2, 0.25) is 0 Å². The number of fused-ring (bicyclic) bond motifs is 2. The Morgan fingerprint density at radius 3 is 1.84 bits per heavy atom. The number of hydrogen-bond acceptors (Lipinski definition) is 23. The first kappa shape index (κ1) is 74.4. The van der Waals surface area contributed by atoms with Crippen molar-refractivity contribution in [3.63, 3.8) is 0 Å². The smallest absolute Gasteiger partial charge is 0.691 e. The number of amides is 7. The van der Waals surface area contributed by atoms with Crippen LogP contribution in [0.1, 0.15) is 56.5 Å². The van der Waals surface area contributed by atoms with Gasteiger partial charge in [0, 0.05) is 107 Å². The van der Waals surface area contributed by atoms with E-state index in [-0.39, 0.29) is 77.5 Å². The molecule has 5 heterocycles. The van der Waals surface area contributed by atoms with E-state index in [4.69, 9.17) is 15.5 Å². The minimum absolute atomic E-state index is 0. The van der Waals surface area contributed by atoms with E-state index in [1.165, 1.54) is 13.0 Å². The van der Waals surface area contributed by atoms with Crippen LogP contribution in [0.4, 0.5) is 17.1 Å². The number of β-amino-alcohol motifs (C(OH)–C–C–N with tert-alkyl or cyclic N) is 1. The number of hydrogen-bond donors (Lipinski definition) is 12. The van der Waals surface area contributed by atoms with Gasteiger partial charge in [-0.1, -0.05) is 37.3 Å². The van der Waals surface area contributed by atoms with Crippen LogP contribution in [0.3, 0.4) is 0 Å². The normalized spacial score (nSPS) is 27.5. The van der Waals surface area contributed by atoms with E-state index in [2.05, 4.69) is 118 Å². The van der Waals surface area contributed by atoms with Gasteiger partial charge in [-0.3, -0.25) is 38.6 Å². The quantitative estimate of drug-likeness (QED) is 0.0125. The predicted octanol–water partition coefficient (Wildman–Crippen LogP) is -4.96. The van der Waals surface area contributed by atoms with Crippen molar-refractivity contribution < 1.29 is 122 Å². The number of nitrogens with one attached hydrogen (secondary N) is 5. The van der Waals surface area contributed by atoms with Crippen LogP contribution in [-0.4, -0.2) is 237 Å². The second-order valence-corrected chi connectivity index (χ2v) is 25.1. The molecule has 4 aromatic carbocycles. The average molecular weight is 1360 g/mol. The summed E-state index contributed by atoms with van der Waals surface area (Å²) < 4.78 is 15.1. The first-order valence-electron chi connectivity index (χ1n) is 31.3. The van der Waals surface area contributed by atoms with Gasteiger partial charge < -0.3 is 106 Å². The van der Waals surface area contributed by atoms with Crippen LogP contribution in [0, 0.1) is 12.5 Å². The molecule has 0 radical (unpaired) electrons. The molecule has 12 N–H and O–H groups in total. The number of aliphatic hydroxyl groups is 6. The van der Waals surface area contributed by atoms with Gasteiger partial charge in [0.05, 0.1) is 42.7 Å². The minimum Gasteiger partial charge on any atom is -0.691 e. The molecular formula is C64H80N11NaO19S. The third-order valence-corrected chi connectivity index (χ3v) is 18.0. The Bertz CT molecular complexity index is 3400. The maximum absolute atomic E-state index is 14.7. The van der Waals surface area contributed by atoms with Crippen LogP contribution in [0.15, 0.2) is 91.0 Å². The summed E-state index contributed by atoms with van der Waals surface area (Å²) in [5.74, 6) is -9.57. The van der Waals surface area contributed by atoms with E-state index in [9.17, 15) is 74.6 Å². The molecule has 5 aliphatic rings. The zero-order valence-corrected chi connectivity index (χ0v) is 56.5. The van der Waals surface area contributed by atoms with Crippen LogP contribution in [0.25, 0.3) is 16.0 Å². The summed E-state index contributed by atoms with van der Waals surface area (Å²) >= 11 is 0.0105. The van der Waals surface area contributed by atoms with E-state index < -0.39 is 165 Å². The Morgan fingerprint density at radius 1 is 0.698 bits per heavy atom. The number of anilines is 3. The van der Waals surface area contributed by atoms with Crippen molar-refractivity contribution in [3.8, 4) is 22.6 Å². The Labute approximate surface area is 580 Å². The number of nitrogens with zero attached hydrogens (tertiary/aromatic N) is 6. The zero-order chi connectivity index (χ0) is 68.4. The van der Waals surface area contributed by atoms with Gasteiger partial charge in [0.25, 0.3) is 18.2 Å². The summed E-state index contributed by atoms with van der Waals surface area (Å²) in [6.07, 6.45) is -11.9. The maximum Gasteiger partial charge on any atom is 1.00 e. The average Bonchev–Trinajstić information content (AvgIpc) is 1.59. The van der Waals surface area contributed by atoms with E-state index in [0.717, 1.165) is 70.1 Å². The second-order valence-electron chi connectivity index (χ2n) is 24.7. The molecule has 5 saturated heterocycles. The molecule has 0 unspecified atom stereocenters. The monoisotopic (exact) mass is 1360 g/mol. The summed E-state index contributed by atoms with van der Waals surface area (Å²) in [4.78, 5) is 113. The number of morpholine rings is 1. The molecule has 4 aromatic rings. The molecule has 0 spiro atoms. The van der Waals surface area contributed by atoms with Crippen molar-refractivity contribution in [3.05, 3.63) is 114 Å². The van der Waals surface area contributed by atoms with Crippen molar-refractivity contribution in [1.29, 1.82) is 0 Å². The fourth-order valence-corrected chi connectivity index (χ4v) is 13.0. The molecule has 30 nitrogen and oxygen atoms in total. The minimum atomic E-state index is -2.15. The van der Waals surface area contributed by atoms with Crippen molar-refractivity contribution in [2.45, 2.75) is 132 Å². The third-order valence-electron chi connectivity index (χ3n) is 17.7. The molecule has 0 aliphatic carbocycles. The molecule has 0 bridgehead atoms. The summed E-state index contributed by atoms with van der Waals surface area (Å²) in [6, 6.07) is 15.7. The fraction of sp³-hybridized carbons (Fsp3) is 0.500. The van der Waals surface area contributed by atoms with Crippen molar-refractivity contribution in [2.75, 3.05) is 80.1 Å². The number of aliphatic hydroxyl groups excluding tert-OH is 6. The molecular weight excluding hydrogens is 1280 g/mol. The number of ether oxygens (including phenoxy) is 1. The topological polar surface area (TPSA) is 402 Å². The molecule has 15 atom stereocenters. The second kappa shape index (κ2) is 33.7. The molecule has 5 fully saturated rings. The van der Waals surface area contributed by atoms with Crippen molar-refractivity contribution in [2.24, 2.45) is 5.92 Å². The van der Waals surface area contributed by atoms with Crippen LogP contribution >= 0.6 is 12.3 Å². The largest absolute Gasteiger partial charge is 1.00 e. The Hall–Kier alpha value is -7.39. The number of carbonyl (C=O) groups excluding carboxylic acids is 7. The maximum atomic E-state index is 14.7. The molecule has 5 aliphatic heterocycles. The van der Waals surface area contributed by atoms with Gasteiger partial charge in [-0.2, -0.15) is 0 Å². The van der Waals surface area contributed by atoms with Gasteiger partial charge >= 0.3 is 29.6 Å². The summed E-state index contributed by atoms with van der Waals surface area (Å²) in [7, 11) is 0. The number of phenols is 1. The van der Waals surface area contributed by atoms with Crippen molar-refractivity contribution in [1.82, 2.24) is 36.4 Å². The predicted molar refractivity (Wildman–Crippen MR) is 340 cm³/mol. The molecule has 512 valence electrons. The number of aromatic hydroxyl groups is 1. The van der Waals surface area contributed by atoms with Crippen LogP contribution in [0.5, 0.6) is 11.5 Å². The first-order chi connectivity index (χ1) is 45.4. The SMILES string of the molecule is [C-]#[N+]C[C@@H](O)[C@@H]1NC(=O)[C@H]([C@H](O)Cc2ccc(O)c(OSOO[O-])c2)NC(=O)[C@@H]2C[C@H](O)CN2C(=O)[C@H]([C@H](C)O)NC(=O)[C@@H](NC(=O)c2ccc(N3CCN(c4ccc(-c5ccc(N6C[C@@H](C)O[C@@H](C)C6)cc5)cc4)CC3)cc2)C[C@H](O)CNC(=O)[C@@H]2[C@@H](O)[C@H](C)CN2C1=O.[Na+]. The molecule has 9 rings (SSSR count). The molecule has 0 aromatic heterocycles. The number of piperazine rings is 1. The molecule has 96 heavy (non-hydrogen) atoms. The number of phenolic OH excluding ortho intramolecular Hbond substituents is 1. The Balaban J connectivity index is 0.0000118. The van der Waals surface area contributed by atoms with E-state index in [1.807, 2.05) is 0 Å². The number of benzene rings is 4. The van der Waals surface area contributed by atoms with Gasteiger partial charge in [0.2, 0.25) is 42.0 Å². The van der Waals surface area contributed by atoms with Gasteiger partial charge in [-0.15, -0.1) is 4.33 Å². The Morgan fingerprint density at radius 2 is 1.26 bits per heavy atom. The summed E-state index contributed by atoms with van der Waals surface area (Å²) in [5.41, 5.74) is 5.42. The number of carbonyl (C=O) groups is 7. The third kappa shape index (κ3) is 18.2. The summed E-state index contributed by atoms with van der Waals surface area (Å²) in [6.45, 7) is 16.2. The van der Waals surface area contributed by atoms with E-state index >= 15 is 0 Å². The van der Waals surface area contributed by atoms with Gasteiger partial charge in [-0.25, -0.2) is 6.57 Å². The molecule has 7 amide bonds. The summed E-state index contributed by atoms with van der Waals surface area (Å²) in [5, 5.41) is 104. The van der Waals surface area contributed by atoms with E-state index in [0.29, 0.717) is 26.2 Å². The standard InChI is InChI=1S/C64H81N11O19S.Na/c1-34-30-75-56(57(34)82)62(87)66-28-45(77)26-47(67-58(83)41-11-17-43(18-12-41)72-22-20-71(21-23-72)42-13-7-39(8-14-42)40-9-15-44(16-10-40)73-31-35(2)91-36(3)32-73)59(84)68-53(37(4)76)63(88)74-33-46(78)27-48(74)60(85)69-54(61(86)70-55(64(75)89)51(81)29-65-5)50(80)24-38-6-19-49(79)52(25-38)92-95-94-93-90;/h6-19,25,34-37,45-48,50-51,53-57,76-82,90H,20-24,26-33H2,1-4H3,(H,66,87)(H,67,83)(H,68,84)(H,69,85)(H,70,86);/q;+1/p-1/t34-,35-,36+,37+,45+,46+,47+,48+,50-,51-,53+,54+,55+,56+,57+;/m1./s1.